The molecule has 0 saturated carbocycles. The Bertz CT molecular complexity index is 528. The van der Waals surface area contributed by atoms with Gasteiger partial charge in [0.15, 0.2) is 0 Å². The Kier molecular flexibility index (Phi) is 5.89. The summed E-state index contributed by atoms with van der Waals surface area (Å²) >= 11 is 5.89. The summed E-state index contributed by atoms with van der Waals surface area (Å²) in [6.07, 6.45) is -0.342. The van der Waals surface area contributed by atoms with E-state index >= 15 is 0 Å². The number of carbonyl (C=O) groups is 1. The van der Waals surface area contributed by atoms with Crippen LogP contribution in [0.5, 0.6) is 0 Å². The quantitative estimate of drug-likeness (QED) is 0.915. The molecule has 0 aromatic heterocycles. The van der Waals surface area contributed by atoms with E-state index in [4.69, 9.17) is 21.1 Å². The van der Waals surface area contributed by atoms with Gasteiger partial charge < -0.3 is 19.7 Å². The number of methoxy groups -OCH3 is 1. The molecule has 1 heterocycles. The van der Waals surface area contributed by atoms with Crippen molar-refractivity contribution in [2.75, 3.05) is 20.2 Å². The van der Waals surface area contributed by atoms with Crippen molar-refractivity contribution in [3.8, 4) is 0 Å². The fraction of sp³-hybridized carbons (Fsp3) is 0.588. The van der Waals surface area contributed by atoms with Crippen LogP contribution in [0, 0.1) is 0 Å². The van der Waals surface area contributed by atoms with E-state index in [1.165, 1.54) is 0 Å². The van der Waals surface area contributed by atoms with Crippen LogP contribution in [0.4, 0.5) is 4.79 Å². The number of hydrogen-bond donors (Lipinski definition) is 1. The van der Waals surface area contributed by atoms with Gasteiger partial charge in [-0.3, -0.25) is 0 Å². The van der Waals surface area contributed by atoms with Crippen LogP contribution in [0.15, 0.2) is 24.3 Å². The second kappa shape index (κ2) is 7.51. The molecule has 0 bridgehead atoms. The van der Waals surface area contributed by atoms with Crippen LogP contribution in [0.25, 0.3) is 0 Å². The molecule has 1 aromatic carbocycles. The van der Waals surface area contributed by atoms with Gasteiger partial charge in [-0.25, -0.2) is 4.79 Å². The maximum absolute atomic E-state index is 12.2. The van der Waals surface area contributed by atoms with Crippen LogP contribution in [0.2, 0.25) is 5.02 Å². The number of amides is 1. The van der Waals surface area contributed by atoms with Gasteiger partial charge in [-0.1, -0.05) is 23.7 Å². The number of nitrogens with one attached hydrogen (secondary N) is 1. The molecule has 1 amide bonds. The molecule has 0 spiro atoms. The van der Waals surface area contributed by atoms with Crippen LogP contribution in [-0.2, 0) is 16.0 Å². The first-order valence-electron chi connectivity index (χ1n) is 7.77. The zero-order chi connectivity index (χ0) is 17.0. The summed E-state index contributed by atoms with van der Waals surface area (Å²) in [7, 11) is 1.67. The monoisotopic (exact) mass is 340 g/mol. The Morgan fingerprint density at radius 3 is 2.52 bits per heavy atom. The molecular formula is C17H25ClN2O3. The SMILES string of the molecule is CO[C@H]1CN(C(=O)OC(C)(C)C)CC1NCc1ccc(Cl)cc1. The van der Waals surface area contributed by atoms with E-state index in [9.17, 15) is 4.79 Å². The predicted molar refractivity (Wildman–Crippen MR) is 90.7 cm³/mol. The first-order valence-corrected chi connectivity index (χ1v) is 8.15. The van der Waals surface area contributed by atoms with E-state index in [2.05, 4.69) is 5.32 Å². The summed E-state index contributed by atoms with van der Waals surface area (Å²) in [5, 5.41) is 4.17. The largest absolute Gasteiger partial charge is 0.444 e. The van der Waals surface area contributed by atoms with E-state index < -0.39 is 5.60 Å². The third-order valence-electron chi connectivity index (χ3n) is 3.70. The van der Waals surface area contributed by atoms with Crippen molar-refractivity contribution >= 4 is 17.7 Å². The normalized spacial score (nSPS) is 21.5. The first kappa shape index (κ1) is 18.0. The number of rotatable bonds is 4. The smallest absolute Gasteiger partial charge is 0.410 e. The molecule has 128 valence electrons. The molecule has 6 heteroatoms. The average Bonchev–Trinajstić information content (AvgIpc) is 2.88. The van der Waals surface area contributed by atoms with Crippen molar-refractivity contribution in [2.24, 2.45) is 0 Å². The second-order valence-corrected chi connectivity index (χ2v) is 7.21. The Morgan fingerprint density at radius 1 is 1.30 bits per heavy atom. The number of benzene rings is 1. The van der Waals surface area contributed by atoms with E-state index in [1.807, 2.05) is 45.0 Å². The highest BCUT2D eigenvalue weighted by atomic mass is 35.5. The lowest BCUT2D eigenvalue weighted by Crippen LogP contribution is -2.40. The fourth-order valence-corrected chi connectivity index (χ4v) is 2.66. The molecule has 1 saturated heterocycles. The van der Waals surface area contributed by atoms with Crippen molar-refractivity contribution in [3.63, 3.8) is 0 Å². The van der Waals surface area contributed by atoms with E-state index in [0.29, 0.717) is 19.6 Å². The third-order valence-corrected chi connectivity index (χ3v) is 3.95. The average molecular weight is 341 g/mol. The summed E-state index contributed by atoms with van der Waals surface area (Å²) in [6, 6.07) is 7.78. The minimum atomic E-state index is -0.492. The van der Waals surface area contributed by atoms with Gasteiger partial charge in [-0.2, -0.15) is 0 Å². The molecule has 0 radical (unpaired) electrons. The number of hydrogen-bond acceptors (Lipinski definition) is 4. The number of likely N-dealkylation sites (tertiary alicyclic amines) is 1. The second-order valence-electron chi connectivity index (χ2n) is 6.77. The molecular weight excluding hydrogens is 316 g/mol. The molecule has 23 heavy (non-hydrogen) atoms. The van der Waals surface area contributed by atoms with Gasteiger partial charge in [-0.05, 0) is 38.5 Å². The van der Waals surface area contributed by atoms with E-state index in [-0.39, 0.29) is 18.2 Å². The topological polar surface area (TPSA) is 50.8 Å². The summed E-state index contributed by atoms with van der Waals surface area (Å²) in [4.78, 5) is 13.9. The summed E-state index contributed by atoms with van der Waals surface area (Å²) in [5.41, 5.74) is 0.647. The Morgan fingerprint density at radius 2 is 1.96 bits per heavy atom. The van der Waals surface area contributed by atoms with Gasteiger partial charge in [0.05, 0.1) is 18.7 Å². The van der Waals surface area contributed by atoms with Crippen molar-refractivity contribution in [2.45, 2.75) is 45.1 Å². The van der Waals surface area contributed by atoms with Gasteiger partial charge >= 0.3 is 6.09 Å². The van der Waals surface area contributed by atoms with Crippen molar-refractivity contribution in [1.82, 2.24) is 10.2 Å². The molecule has 1 aliphatic heterocycles. The minimum absolute atomic E-state index is 0.0465. The summed E-state index contributed by atoms with van der Waals surface area (Å²) in [5.74, 6) is 0. The molecule has 1 aromatic rings. The highest BCUT2D eigenvalue weighted by Crippen LogP contribution is 2.18. The van der Waals surface area contributed by atoms with Crippen molar-refractivity contribution < 1.29 is 14.3 Å². The molecule has 5 nitrogen and oxygen atoms in total. The standard InChI is InChI=1S/C17H25ClN2O3/c1-17(2,3)23-16(21)20-10-14(15(11-20)22-4)19-9-12-5-7-13(18)8-6-12/h5-8,14-15,19H,9-11H2,1-4H3/t14?,15-/m0/s1. The zero-order valence-corrected chi connectivity index (χ0v) is 14.9. The van der Waals surface area contributed by atoms with Crippen LogP contribution >= 0.6 is 11.6 Å². The summed E-state index contributed by atoms with van der Waals surface area (Å²) in [6.45, 7) is 7.40. The fourth-order valence-electron chi connectivity index (χ4n) is 2.54. The maximum atomic E-state index is 12.2. The Labute approximate surface area is 142 Å². The first-order chi connectivity index (χ1) is 10.8. The van der Waals surface area contributed by atoms with Crippen LogP contribution in [-0.4, -0.2) is 48.9 Å². The van der Waals surface area contributed by atoms with Gasteiger partial charge in [0.25, 0.3) is 0 Å². The number of ether oxygens (including phenoxy) is 2. The zero-order valence-electron chi connectivity index (χ0n) is 14.1. The third kappa shape index (κ3) is 5.37. The Hall–Kier alpha value is -1.30. The lowest BCUT2D eigenvalue weighted by Gasteiger charge is -2.24. The van der Waals surface area contributed by atoms with Crippen LogP contribution in [0.1, 0.15) is 26.3 Å². The van der Waals surface area contributed by atoms with Crippen LogP contribution < -0.4 is 5.32 Å². The lowest BCUT2D eigenvalue weighted by atomic mass is 10.2. The molecule has 1 aliphatic rings. The highest BCUT2D eigenvalue weighted by molar-refractivity contribution is 6.30. The molecule has 1 N–H and O–H groups in total. The van der Waals surface area contributed by atoms with Crippen LogP contribution in [0.3, 0.4) is 0 Å². The lowest BCUT2D eigenvalue weighted by molar-refractivity contribution is 0.0252. The number of nitrogens with zero attached hydrogens (tertiary/aromatic N) is 1. The summed E-state index contributed by atoms with van der Waals surface area (Å²) < 4.78 is 10.9. The molecule has 0 aliphatic carbocycles. The van der Waals surface area contributed by atoms with Gasteiger partial charge in [0.2, 0.25) is 0 Å². The minimum Gasteiger partial charge on any atom is -0.444 e. The van der Waals surface area contributed by atoms with Gasteiger partial charge in [0.1, 0.15) is 5.60 Å². The predicted octanol–water partition coefficient (Wildman–Crippen LogP) is 3.06. The highest BCUT2D eigenvalue weighted by Gasteiger charge is 2.37. The van der Waals surface area contributed by atoms with Gasteiger partial charge in [-0.15, -0.1) is 0 Å². The molecule has 1 fully saturated rings. The molecule has 2 atom stereocenters. The van der Waals surface area contributed by atoms with E-state index in [0.717, 1.165) is 10.6 Å². The van der Waals surface area contributed by atoms with Crippen molar-refractivity contribution in [3.05, 3.63) is 34.9 Å². The molecule has 2 rings (SSSR count). The molecule has 1 unspecified atom stereocenters. The number of carbonyl (C=O) groups excluding carboxylic acids is 1. The van der Waals surface area contributed by atoms with Crippen molar-refractivity contribution in [1.29, 1.82) is 0 Å². The maximum Gasteiger partial charge on any atom is 0.410 e. The number of halogens is 1. The Balaban J connectivity index is 1.91. The van der Waals surface area contributed by atoms with Gasteiger partial charge in [0, 0.05) is 25.2 Å². The van der Waals surface area contributed by atoms with E-state index in [1.54, 1.807) is 12.0 Å².